The standard InChI is InChI=1S/C12H12FN3/c1-2-8-11(15-7-16-12(8)14)9-5-3-4-6-10(9)13/h3-7H,2H2,1H3,(H2,14,15,16). The van der Waals surface area contributed by atoms with Crippen molar-refractivity contribution in [3.8, 4) is 11.3 Å². The van der Waals surface area contributed by atoms with Gasteiger partial charge in [-0.05, 0) is 18.6 Å². The van der Waals surface area contributed by atoms with Crippen LogP contribution in [0.2, 0.25) is 0 Å². The molecule has 4 heteroatoms. The Morgan fingerprint density at radius 1 is 1.25 bits per heavy atom. The smallest absolute Gasteiger partial charge is 0.132 e. The summed E-state index contributed by atoms with van der Waals surface area (Å²) in [7, 11) is 0. The average Bonchev–Trinajstić information content (AvgIpc) is 2.29. The largest absolute Gasteiger partial charge is 0.383 e. The first-order valence-corrected chi connectivity index (χ1v) is 5.08. The number of halogens is 1. The summed E-state index contributed by atoms with van der Waals surface area (Å²) < 4.78 is 13.6. The van der Waals surface area contributed by atoms with Gasteiger partial charge >= 0.3 is 0 Å². The first-order chi connectivity index (χ1) is 7.74. The van der Waals surface area contributed by atoms with Gasteiger partial charge in [0.2, 0.25) is 0 Å². The van der Waals surface area contributed by atoms with E-state index in [-0.39, 0.29) is 5.82 Å². The zero-order valence-electron chi connectivity index (χ0n) is 8.94. The third kappa shape index (κ3) is 1.74. The van der Waals surface area contributed by atoms with E-state index < -0.39 is 0 Å². The van der Waals surface area contributed by atoms with Crippen molar-refractivity contribution >= 4 is 5.82 Å². The fourth-order valence-electron chi connectivity index (χ4n) is 1.66. The van der Waals surface area contributed by atoms with Crippen molar-refractivity contribution in [2.75, 3.05) is 5.73 Å². The molecule has 0 unspecified atom stereocenters. The van der Waals surface area contributed by atoms with E-state index in [9.17, 15) is 4.39 Å². The third-order valence-corrected chi connectivity index (χ3v) is 2.46. The minimum absolute atomic E-state index is 0.296. The van der Waals surface area contributed by atoms with Crippen molar-refractivity contribution in [3.05, 3.63) is 42.0 Å². The maximum absolute atomic E-state index is 13.6. The number of anilines is 1. The Labute approximate surface area is 93.2 Å². The summed E-state index contributed by atoms with van der Waals surface area (Å²) in [4.78, 5) is 8.02. The Balaban J connectivity index is 2.65. The van der Waals surface area contributed by atoms with Crippen molar-refractivity contribution in [3.63, 3.8) is 0 Å². The number of nitrogens with zero attached hydrogens (tertiary/aromatic N) is 2. The van der Waals surface area contributed by atoms with E-state index in [0.717, 1.165) is 5.56 Å². The van der Waals surface area contributed by atoms with Gasteiger partial charge in [-0.1, -0.05) is 19.1 Å². The second-order valence-electron chi connectivity index (χ2n) is 3.42. The molecule has 0 fully saturated rings. The SMILES string of the molecule is CCc1c(N)ncnc1-c1ccccc1F. The Bertz CT molecular complexity index is 511. The second-order valence-corrected chi connectivity index (χ2v) is 3.42. The predicted molar refractivity (Wildman–Crippen MR) is 61.2 cm³/mol. The van der Waals surface area contributed by atoms with Crippen molar-refractivity contribution < 1.29 is 4.39 Å². The molecule has 0 saturated carbocycles. The van der Waals surface area contributed by atoms with Gasteiger partial charge in [-0.2, -0.15) is 0 Å². The maximum Gasteiger partial charge on any atom is 0.132 e. The lowest BCUT2D eigenvalue weighted by atomic mass is 10.0. The van der Waals surface area contributed by atoms with Crippen LogP contribution in [0.4, 0.5) is 10.2 Å². The third-order valence-electron chi connectivity index (χ3n) is 2.46. The molecule has 2 rings (SSSR count). The maximum atomic E-state index is 13.6. The van der Waals surface area contributed by atoms with Crippen LogP contribution >= 0.6 is 0 Å². The van der Waals surface area contributed by atoms with Gasteiger partial charge in [-0.25, -0.2) is 14.4 Å². The van der Waals surface area contributed by atoms with E-state index in [1.54, 1.807) is 18.2 Å². The molecule has 0 spiro atoms. The number of nitrogen functional groups attached to an aromatic ring is 1. The zero-order valence-corrected chi connectivity index (χ0v) is 8.94. The van der Waals surface area contributed by atoms with E-state index >= 15 is 0 Å². The minimum atomic E-state index is -0.296. The van der Waals surface area contributed by atoms with Crippen LogP contribution < -0.4 is 5.73 Å². The molecule has 1 heterocycles. The fourth-order valence-corrected chi connectivity index (χ4v) is 1.66. The van der Waals surface area contributed by atoms with Crippen LogP contribution in [-0.4, -0.2) is 9.97 Å². The molecule has 0 saturated heterocycles. The highest BCUT2D eigenvalue weighted by Gasteiger charge is 2.12. The molecule has 1 aromatic carbocycles. The lowest BCUT2D eigenvalue weighted by molar-refractivity contribution is 0.630. The zero-order chi connectivity index (χ0) is 11.5. The molecule has 0 radical (unpaired) electrons. The predicted octanol–water partition coefficient (Wildman–Crippen LogP) is 2.43. The molecule has 0 bridgehead atoms. The second kappa shape index (κ2) is 4.26. The van der Waals surface area contributed by atoms with Gasteiger partial charge in [0.1, 0.15) is 18.0 Å². The van der Waals surface area contributed by atoms with Gasteiger partial charge in [-0.15, -0.1) is 0 Å². The lowest BCUT2D eigenvalue weighted by Crippen LogP contribution is -2.02. The monoisotopic (exact) mass is 217 g/mol. The molecule has 82 valence electrons. The van der Waals surface area contributed by atoms with Gasteiger partial charge < -0.3 is 5.73 Å². The van der Waals surface area contributed by atoms with Gasteiger partial charge in [0.15, 0.2) is 0 Å². The molecule has 0 aliphatic heterocycles. The highest BCUT2D eigenvalue weighted by Crippen LogP contribution is 2.26. The number of rotatable bonds is 2. The highest BCUT2D eigenvalue weighted by molar-refractivity contribution is 5.67. The average molecular weight is 217 g/mol. The molecule has 3 nitrogen and oxygen atoms in total. The van der Waals surface area contributed by atoms with E-state index in [2.05, 4.69) is 9.97 Å². The molecule has 0 atom stereocenters. The number of hydrogen-bond acceptors (Lipinski definition) is 3. The Morgan fingerprint density at radius 2 is 2.00 bits per heavy atom. The minimum Gasteiger partial charge on any atom is -0.383 e. The van der Waals surface area contributed by atoms with Gasteiger partial charge in [0, 0.05) is 11.1 Å². The van der Waals surface area contributed by atoms with E-state index in [0.29, 0.717) is 23.5 Å². The van der Waals surface area contributed by atoms with Crippen LogP contribution in [0.5, 0.6) is 0 Å². The summed E-state index contributed by atoms with van der Waals surface area (Å²) in [5.41, 5.74) is 7.57. The number of aromatic nitrogens is 2. The summed E-state index contributed by atoms with van der Waals surface area (Å²) in [6.45, 7) is 1.94. The number of hydrogen-bond donors (Lipinski definition) is 1. The van der Waals surface area contributed by atoms with Crippen molar-refractivity contribution in [1.29, 1.82) is 0 Å². The molecule has 0 aliphatic carbocycles. The summed E-state index contributed by atoms with van der Waals surface area (Å²) in [6.07, 6.45) is 2.03. The molecule has 0 aliphatic rings. The van der Waals surface area contributed by atoms with E-state index in [1.807, 2.05) is 6.92 Å². The van der Waals surface area contributed by atoms with Crippen LogP contribution in [-0.2, 0) is 6.42 Å². The quantitative estimate of drug-likeness (QED) is 0.840. The van der Waals surface area contributed by atoms with Crippen LogP contribution in [0, 0.1) is 5.82 Å². The fraction of sp³-hybridized carbons (Fsp3) is 0.167. The van der Waals surface area contributed by atoms with Crippen LogP contribution in [0.3, 0.4) is 0 Å². The number of nitrogens with two attached hydrogens (primary N) is 1. The normalized spacial score (nSPS) is 10.4. The van der Waals surface area contributed by atoms with Crippen molar-refractivity contribution in [2.45, 2.75) is 13.3 Å². The molecule has 2 N–H and O–H groups in total. The topological polar surface area (TPSA) is 51.8 Å². The molecule has 1 aromatic heterocycles. The summed E-state index contributed by atoms with van der Waals surface area (Å²) in [5, 5.41) is 0. The molecule has 2 aromatic rings. The van der Waals surface area contributed by atoms with Crippen LogP contribution in [0.1, 0.15) is 12.5 Å². The van der Waals surface area contributed by atoms with E-state index in [4.69, 9.17) is 5.73 Å². The first kappa shape index (κ1) is 10.5. The van der Waals surface area contributed by atoms with Crippen molar-refractivity contribution in [1.82, 2.24) is 9.97 Å². The first-order valence-electron chi connectivity index (χ1n) is 5.08. The molecule has 16 heavy (non-hydrogen) atoms. The molecular weight excluding hydrogens is 205 g/mol. The van der Waals surface area contributed by atoms with Crippen LogP contribution in [0.25, 0.3) is 11.3 Å². The van der Waals surface area contributed by atoms with Crippen LogP contribution in [0.15, 0.2) is 30.6 Å². The summed E-state index contributed by atoms with van der Waals surface area (Å²) in [5.74, 6) is 0.117. The Hall–Kier alpha value is -1.97. The molecule has 0 amide bonds. The van der Waals surface area contributed by atoms with Crippen molar-refractivity contribution in [2.24, 2.45) is 0 Å². The Kier molecular flexibility index (Phi) is 2.81. The van der Waals surface area contributed by atoms with Gasteiger partial charge in [-0.3, -0.25) is 0 Å². The van der Waals surface area contributed by atoms with Gasteiger partial charge in [0.25, 0.3) is 0 Å². The van der Waals surface area contributed by atoms with E-state index in [1.165, 1.54) is 12.4 Å². The summed E-state index contributed by atoms with van der Waals surface area (Å²) >= 11 is 0. The summed E-state index contributed by atoms with van der Waals surface area (Å²) in [6, 6.07) is 6.52. The number of benzene rings is 1. The highest BCUT2D eigenvalue weighted by atomic mass is 19.1. The lowest BCUT2D eigenvalue weighted by Gasteiger charge is -2.09. The Morgan fingerprint density at radius 3 is 2.69 bits per heavy atom. The molecular formula is C12H12FN3. The van der Waals surface area contributed by atoms with Gasteiger partial charge in [0.05, 0.1) is 5.69 Å².